The highest BCUT2D eigenvalue weighted by molar-refractivity contribution is 5.75. The van der Waals surface area contributed by atoms with E-state index in [2.05, 4.69) is 10.4 Å². The van der Waals surface area contributed by atoms with Crippen molar-refractivity contribution in [3.63, 3.8) is 0 Å². The summed E-state index contributed by atoms with van der Waals surface area (Å²) in [6, 6.07) is 16.1. The monoisotopic (exact) mass is 309 g/mol. The van der Waals surface area contributed by atoms with E-state index in [-0.39, 0.29) is 24.6 Å². The highest BCUT2D eigenvalue weighted by atomic mass is 16.3. The fourth-order valence-corrected chi connectivity index (χ4v) is 2.12. The van der Waals surface area contributed by atoms with Gasteiger partial charge in [0.2, 0.25) is 5.91 Å². The molecule has 3 rings (SSSR count). The first kappa shape index (κ1) is 14.8. The lowest BCUT2D eigenvalue weighted by Crippen LogP contribution is -2.33. The number of furan rings is 1. The van der Waals surface area contributed by atoms with Crippen molar-refractivity contribution in [2.24, 2.45) is 0 Å². The van der Waals surface area contributed by atoms with Crippen LogP contribution in [0.4, 0.5) is 0 Å². The maximum absolute atomic E-state index is 12.0. The second-order valence-corrected chi connectivity index (χ2v) is 4.94. The molecule has 1 aromatic carbocycles. The van der Waals surface area contributed by atoms with Crippen LogP contribution in [-0.2, 0) is 17.9 Å². The van der Waals surface area contributed by atoms with Crippen molar-refractivity contribution in [2.75, 3.05) is 0 Å². The van der Waals surface area contributed by atoms with Gasteiger partial charge in [0.05, 0.1) is 18.5 Å². The molecule has 0 bridgehead atoms. The van der Waals surface area contributed by atoms with Crippen LogP contribution in [0.15, 0.2) is 70.1 Å². The highest BCUT2D eigenvalue weighted by Crippen LogP contribution is 2.13. The van der Waals surface area contributed by atoms with Gasteiger partial charge in [-0.05, 0) is 18.2 Å². The molecule has 6 heteroatoms. The molecule has 23 heavy (non-hydrogen) atoms. The molecular weight excluding hydrogens is 294 g/mol. The summed E-state index contributed by atoms with van der Waals surface area (Å²) in [6.45, 7) is 0.138. The molecule has 0 aliphatic rings. The standard InChI is InChI=1S/C17H15N3O3/c21-16(18-11-14-7-4-10-23-14)12-20-17(22)9-8-15(19-20)13-5-2-1-3-6-13/h1-10H,11-12H2,(H,18,21). The van der Waals surface area contributed by atoms with Gasteiger partial charge in [0.25, 0.3) is 5.56 Å². The van der Waals surface area contributed by atoms with Crippen LogP contribution in [0.1, 0.15) is 5.76 Å². The number of nitrogens with zero attached hydrogens (tertiary/aromatic N) is 2. The molecule has 0 saturated heterocycles. The molecule has 1 N–H and O–H groups in total. The number of benzene rings is 1. The summed E-state index contributed by atoms with van der Waals surface area (Å²) in [4.78, 5) is 23.8. The smallest absolute Gasteiger partial charge is 0.267 e. The second-order valence-electron chi connectivity index (χ2n) is 4.94. The average molecular weight is 309 g/mol. The minimum absolute atomic E-state index is 0.139. The minimum Gasteiger partial charge on any atom is -0.467 e. The van der Waals surface area contributed by atoms with Crippen LogP contribution in [0.2, 0.25) is 0 Å². The predicted octanol–water partition coefficient (Wildman–Crippen LogP) is 1.82. The molecule has 2 aromatic heterocycles. The second kappa shape index (κ2) is 6.74. The van der Waals surface area contributed by atoms with Crippen LogP contribution >= 0.6 is 0 Å². The van der Waals surface area contributed by atoms with Crippen molar-refractivity contribution in [3.8, 4) is 11.3 Å². The number of carbonyl (C=O) groups excluding carboxylic acids is 1. The predicted molar refractivity (Wildman–Crippen MR) is 84.5 cm³/mol. The number of aromatic nitrogens is 2. The Morgan fingerprint density at radius 3 is 2.65 bits per heavy atom. The fraction of sp³-hybridized carbons (Fsp3) is 0.118. The molecule has 0 aliphatic heterocycles. The molecule has 0 radical (unpaired) electrons. The van der Waals surface area contributed by atoms with E-state index >= 15 is 0 Å². The van der Waals surface area contributed by atoms with E-state index in [0.717, 1.165) is 10.2 Å². The summed E-state index contributed by atoms with van der Waals surface area (Å²) in [7, 11) is 0. The van der Waals surface area contributed by atoms with Crippen LogP contribution < -0.4 is 10.9 Å². The van der Waals surface area contributed by atoms with Gasteiger partial charge in [-0.1, -0.05) is 30.3 Å². The van der Waals surface area contributed by atoms with Crippen LogP contribution in [0.5, 0.6) is 0 Å². The van der Waals surface area contributed by atoms with E-state index in [1.54, 1.807) is 18.2 Å². The van der Waals surface area contributed by atoms with E-state index in [1.807, 2.05) is 30.3 Å². The normalized spacial score (nSPS) is 10.4. The lowest BCUT2D eigenvalue weighted by molar-refractivity contribution is -0.122. The molecule has 0 fully saturated rings. The third kappa shape index (κ3) is 3.74. The van der Waals surface area contributed by atoms with E-state index < -0.39 is 0 Å². The van der Waals surface area contributed by atoms with Gasteiger partial charge in [0, 0.05) is 11.6 Å². The molecule has 3 aromatic rings. The number of hydrogen-bond donors (Lipinski definition) is 1. The van der Waals surface area contributed by atoms with Crippen LogP contribution in [0.3, 0.4) is 0 Å². The van der Waals surface area contributed by atoms with Crippen molar-refractivity contribution in [1.82, 2.24) is 15.1 Å². The molecule has 2 heterocycles. The first-order valence-corrected chi connectivity index (χ1v) is 7.15. The van der Waals surface area contributed by atoms with Crippen LogP contribution in [0, 0.1) is 0 Å². The summed E-state index contributed by atoms with van der Waals surface area (Å²) in [5.74, 6) is 0.345. The molecular formula is C17H15N3O3. The van der Waals surface area contributed by atoms with Gasteiger partial charge in [0.1, 0.15) is 12.3 Å². The number of amides is 1. The Kier molecular flexibility index (Phi) is 4.33. The zero-order chi connectivity index (χ0) is 16.1. The Morgan fingerprint density at radius 1 is 1.09 bits per heavy atom. The zero-order valence-corrected chi connectivity index (χ0v) is 12.3. The van der Waals surface area contributed by atoms with E-state index in [1.165, 1.54) is 12.3 Å². The van der Waals surface area contributed by atoms with Gasteiger partial charge in [-0.15, -0.1) is 0 Å². The Balaban J connectivity index is 1.72. The Labute approximate surface area is 132 Å². The molecule has 0 aliphatic carbocycles. The van der Waals surface area contributed by atoms with Gasteiger partial charge in [-0.25, -0.2) is 4.68 Å². The lowest BCUT2D eigenvalue weighted by atomic mass is 10.1. The Bertz CT molecular complexity index is 839. The van der Waals surface area contributed by atoms with Crippen LogP contribution in [-0.4, -0.2) is 15.7 Å². The maximum Gasteiger partial charge on any atom is 0.267 e. The van der Waals surface area contributed by atoms with Crippen LogP contribution in [0.25, 0.3) is 11.3 Å². The summed E-state index contributed by atoms with van der Waals surface area (Å²) >= 11 is 0. The Hall–Kier alpha value is -3.15. The number of hydrogen-bond acceptors (Lipinski definition) is 4. The zero-order valence-electron chi connectivity index (χ0n) is 12.3. The lowest BCUT2D eigenvalue weighted by Gasteiger charge is -2.07. The molecule has 0 atom stereocenters. The van der Waals surface area contributed by atoms with Crippen molar-refractivity contribution >= 4 is 5.91 Å². The third-order valence-electron chi connectivity index (χ3n) is 3.27. The maximum atomic E-state index is 12.0. The molecule has 6 nitrogen and oxygen atoms in total. The number of rotatable bonds is 5. The number of carbonyl (C=O) groups is 1. The summed E-state index contributed by atoms with van der Waals surface area (Å²) in [6.07, 6.45) is 1.54. The number of nitrogens with one attached hydrogen (secondary N) is 1. The Morgan fingerprint density at radius 2 is 1.91 bits per heavy atom. The molecule has 0 spiro atoms. The van der Waals surface area contributed by atoms with Crippen molar-refractivity contribution in [3.05, 3.63) is 77.0 Å². The third-order valence-corrected chi connectivity index (χ3v) is 3.27. The summed E-state index contributed by atoms with van der Waals surface area (Å²) in [5.41, 5.74) is 1.21. The van der Waals surface area contributed by atoms with Crippen molar-refractivity contribution in [2.45, 2.75) is 13.1 Å². The van der Waals surface area contributed by atoms with Gasteiger partial charge in [-0.3, -0.25) is 9.59 Å². The average Bonchev–Trinajstić information content (AvgIpc) is 3.09. The van der Waals surface area contributed by atoms with Crippen molar-refractivity contribution in [1.29, 1.82) is 0 Å². The van der Waals surface area contributed by atoms with Gasteiger partial charge >= 0.3 is 0 Å². The SMILES string of the molecule is O=C(Cn1nc(-c2ccccc2)ccc1=O)NCc1ccco1. The van der Waals surface area contributed by atoms with Gasteiger partial charge in [0.15, 0.2) is 0 Å². The summed E-state index contributed by atoms with van der Waals surface area (Å²) < 4.78 is 6.29. The molecule has 0 unspecified atom stereocenters. The fourth-order valence-electron chi connectivity index (χ4n) is 2.12. The van der Waals surface area contributed by atoms with E-state index in [4.69, 9.17) is 4.42 Å². The van der Waals surface area contributed by atoms with Gasteiger partial charge < -0.3 is 9.73 Å². The van der Waals surface area contributed by atoms with Crippen molar-refractivity contribution < 1.29 is 9.21 Å². The quantitative estimate of drug-likeness (QED) is 0.780. The molecule has 116 valence electrons. The van der Waals surface area contributed by atoms with E-state index in [0.29, 0.717) is 11.5 Å². The van der Waals surface area contributed by atoms with Gasteiger partial charge in [-0.2, -0.15) is 5.10 Å². The first-order chi connectivity index (χ1) is 11.2. The first-order valence-electron chi connectivity index (χ1n) is 7.15. The highest BCUT2D eigenvalue weighted by Gasteiger charge is 2.08. The topological polar surface area (TPSA) is 77.1 Å². The molecule has 0 saturated carbocycles. The summed E-state index contributed by atoms with van der Waals surface area (Å²) in [5, 5.41) is 6.93. The molecule has 1 amide bonds. The largest absolute Gasteiger partial charge is 0.467 e. The minimum atomic E-state index is -0.321. The van der Waals surface area contributed by atoms with E-state index in [9.17, 15) is 9.59 Å².